The second-order valence-corrected chi connectivity index (χ2v) is 4.92. The molecular formula is C17H18O3. The molecule has 2 aromatic rings. The Balaban J connectivity index is 1.72. The van der Waals surface area contributed by atoms with E-state index in [4.69, 9.17) is 9.47 Å². The summed E-state index contributed by atoms with van der Waals surface area (Å²) in [5, 5.41) is 10.4. The van der Waals surface area contributed by atoms with Crippen LogP contribution in [0.25, 0.3) is 0 Å². The van der Waals surface area contributed by atoms with Gasteiger partial charge in [-0.25, -0.2) is 0 Å². The first-order valence-corrected chi connectivity index (χ1v) is 6.93. The van der Waals surface area contributed by atoms with E-state index in [1.807, 2.05) is 55.5 Å². The van der Waals surface area contributed by atoms with E-state index in [0.717, 1.165) is 29.0 Å². The number of hydrogen-bond donors (Lipinski definition) is 1. The van der Waals surface area contributed by atoms with Crippen LogP contribution in [0, 0.1) is 0 Å². The summed E-state index contributed by atoms with van der Waals surface area (Å²) in [7, 11) is 0. The third kappa shape index (κ3) is 2.49. The zero-order valence-corrected chi connectivity index (χ0v) is 11.5. The maximum Gasteiger partial charge on any atom is 0.133 e. The highest BCUT2D eigenvalue weighted by Gasteiger charge is 2.29. The predicted octanol–water partition coefficient (Wildman–Crippen LogP) is 3.12. The smallest absolute Gasteiger partial charge is 0.133 e. The zero-order chi connectivity index (χ0) is 13.9. The van der Waals surface area contributed by atoms with Crippen LogP contribution in [0.15, 0.2) is 48.5 Å². The number of fused-ring (bicyclic) bond motifs is 1. The quantitative estimate of drug-likeness (QED) is 0.927. The molecule has 3 heteroatoms. The lowest BCUT2D eigenvalue weighted by Gasteiger charge is -2.18. The normalized spacial score (nSPS) is 18.2. The number of ether oxygens (including phenoxy) is 2. The molecule has 0 spiro atoms. The maximum atomic E-state index is 10.4. The van der Waals surface area contributed by atoms with E-state index in [1.54, 1.807) is 0 Å². The second-order valence-electron chi connectivity index (χ2n) is 4.92. The molecule has 20 heavy (non-hydrogen) atoms. The van der Waals surface area contributed by atoms with Crippen molar-refractivity contribution in [1.82, 2.24) is 0 Å². The van der Waals surface area contributed by atoms with Gasteiger partial charge in [-0.1, -0.05) is 30.3 Å². The summed E-state index contributed by atoms with van der Waals surface area (Å²) in [6, 6.07) is 15.5. The van der Waals surface area contributed by atoms with Crippen LogP contribution in [-0.2, 0) is 6.42 Å². The first-order valence-electron chi connectivity index (χ1n) is 6.93. The summed E-state index contributed by atoms with van der Waals surface area (Å²) in [5.74, 6) is 1.70. The molecule has 0 bridgehead atoms. The molecule has 0 fully saturated rings. The van der Waals surface area contributed by atoms with E-state index < -0.39 is 6.10 Å². The topological polar surface area (TPSA) is 38.7 Å². The summed E-state index contributed by atoms with van der Waals surface area (Å²) in [5.41, 5.74) is 2.01. The molecular weight excluding hydrogens is 252 g/mol. The Labute approximate surface area is 118 Å². The highest BCUT2D eigenvalue weighted by molar-refractivity contribution is 5.38. The van der Waals surface area contributed by atoms with Crippen molar-refractivity contribution in [3.63, 3.8) is 0 Å². The fourth-order valence-electron chi connectivity index (χ4n) is 2.53. The van der Waals surface area contributed by atoms with Crippen LogP contribution < -0.4 is 9.47 Å². The molecule has 3 rings (SSSR count). The van der Waals surface area contributed by atoms with Crippen molar-refractivity contribution in [2.24, 2.45) is 0 Å². The Kier molecular flexibility index (Phi) is 3.61. The SMILES string of the molecule is CCOc1ccc(C(O)C2Cc3ccccc3O2)cc1. The Morgan fingerprint density at radius 1 is 1.20 bits per heavy atom. The Hall–Kier alpha value is -2.00. The Morgan fingerprint density at radius 3 is 2.65 bits per heavy atom. The van der Waals surface area contributed by atoms with Gasteiger partial charge >= 0.3 is 0 Å². The van der Waals surface area contributed by atoms with Gasteiger partial charge in [0.15, 0.2) is 0 Å². The summed E-state index contributed by atoms with van der Waals surface area (Å²) in [6.07, 6.45) is -0.103. The number of para-hydroxylation sites is 1. The largest absolute Gasteiger partial charge is 0.494 e. The highest BCUT2D eigenvalue weighted by atomic mass is 16.5. The average Bonchev–Trinajstić information content (AvgIpc) is 2.91. The van der Waals surface area contributed by atoms with Crippen molar-refractivity contribution in [2.45, 2.75) is 25.6 Å². The molecule has 1 aliphatic heterocycles. The number of hydrogen-bond acceptors (Lipinski definition) is 3. The van der Waals surface area contributed by atoms with Crippen LogP contribution in [0.4, 0.5) is 0 Å². The average molecular weight is 270 g/mol. The summed E-state index contributed by atoms with van der Waals surface area (Å²) in [4.78, 5) is 0. The van der Waals surface area contributed by atoms with Gasteiger partial charge in [-0.15, -0.1) is 0 Å². The van der Waals surface area contributed by atoms with E-state index in [9.17, 15) is 5.11 Å². The Bertz CT molecular complexity index is 552. The fraction of sp³-hybridized carbons (Fsp3) is 0.294. The number of aliphatic hydroxyl groups is 1. The van der Waals surface area contributed by atoms with Gasteiger partial charge in [0.2, 0.25) is 0 Å². The minimum Gasteiger partial charge on any atom is -0.494 e. The molecule has 0 aromatic heterocycles. The first kappa shape index (κ1) is 13.0. The van der Waals surface area contributed by atoms with Crippen LogP contribution in [0.2, 0.25) is 0 Å². The summed E-state index contributed by atoms with van der Waals surface area (Å²) >= 11 is 0. The number of benzene rings is 2. The van der Waals surface area contributed by atoms with Crippen LogP contribution in [-0.4, -0.2) is 17.8 Å². The predicted molar refractivity (Wildman–Crippen MR) is 77.1 cm³/mol. The maximum absolute atomic E-state index is 10.4. The van der Waals surface area contributed by atoms with Crippen molar-refractivity contribution in [2.75, 3.05) is 6.61 Å². The second kappa shape index (κ2) is 5.55. The van der Waals surface area contributed by atoms with Gasteiger partial charge in [-0.05, 0) is 36.2 Å². The van der Waals surface area contributed by atoms with Gasteiger partial charge in [0, 0.05) is 6.42 Å². The number of rotatable bonds is 4. The lowest BCUT2D eigenvalue weighted by Crippen LogP contribution is -2.23. The minimum absolute atomic E-state index is 0.217. The molecule has 3 nitrogen and oxygen atoms in total. The molecule has 0 amide bonds. The van der Waals surface area contributed by atoms with Crippen molar-refractivity contribution < 1.29 is 14.6 Å². The van der Waals surface area contributed by atoms with E-state index in [-0.39, 0.29) is 6.10 Å². The molecule has 0 saturated carbocycles. The number of aliphatic hydroxyl groups excluding tert-OH is 1. The first-order chi connectivity index (χ1) is 9.78. The lowest BCUT2D eigenvalue weighted by atomic mass is 10.0. The monoisotopic (exact) mass is 270 g/mol. The molecule has 0 aliphatic carbocycles. The van der Waals surface area contributed by atoms with Crippen LogP contribution >= 0.6 is 0 Å². The lowest BCUT2D eigenvalue weighted by molar-refractivity contribution is 0.0492. The van der Waals surface area contributed by atoms with E-state index in [0.29, 0.717) is 6.61 Å². The molecule has 2 aromatic carbocycles. The van der Waals surface area contributed by atoms with Crippen molar-refractivity contribution >= 4 is 0 Å². The standard InChI is InChI=1S/C17H18O3/c1-2-19-14-9-7-12(8-10-14)17(18)16-11-13-5-3-4-6-15(13)20-16/h3-10,16-18H,2,11H2,1H3. The van der Waals surface area contributed by atoms with E-state index in [1.165, 1.54) is 0 Å². The zero-order valence-electron chi connectivity index (χ0n) is 11.5. The van der Waals surface area contributed by atoms with Crippen LogP contribution in [0.5, 0.6) is 11.5 Å². The summed E-state index contributed by atoms with van der Waals surface area (Å²) in [6.45, 7) is 2.59. The minimum atomic E-state index is -0.627. The fourth-order valence-corrected chi connectivity index (χ4v) is 2.53. The van der Waals surface area contributed by atoms with E-state index in [2.05, 4.69) is 0 Å². The Morgan fingerprint density at radius 2 is 1.95 bits per heavy atom. The van der Waals surface area contributed by atoms with Crippen molar-refractivity contribution in [3.8, 4) is 11.5 Å². The van der Waals surface area contributed by atoms with E-state index >= 15 is 0 Å². The van der Waals surface area contributed by atoms with Crippen LogP contribution in [0.1, 0.15) is 24.2 Å². The van der Waals surface area contributed by atoms with Gasteiger partial charge in [-0.3, -0.25) is 0 Å². The van der Waals surface area contributed by atoms with Gasteiger partial charge < -0.3 is 14.6 Å². The molecule has 1 heterocycles. The van der Waals surface area contributed by atoms with Crippen LogP contribution in [0.3, 0.4) is 0 Å². The third-order valence-corrected chi connectivity index (χ3v) is 3.56. The highest BCUT2D eigenvalue weighted by Crippen LogP contribution is 2.34. The molecule has 0 radical (unpaired) electrons. The molecule has 2 atom stereocenters. The molecule has 2 unspecified atom stereocenters. The molecule has 0 saturated heterocycles. The van der Waals surface area contributed by atoms with Crippen molar-refractivity contribution in [3.05, 3.63) is 59.7 Å². The van der Waals surface area contributed by atoms with Crippen molar-refractivity contribution in [1.29, 1.82) is 0 Å². The van der Waals surface area contributed by atoms with Gasteiger partial charge in [0.05, 0.1) is 6.61 Å². The van der Waals surface area contributed by atoms with Gasteiger partial charge in [-0.2, -0.15) is 0 Å². The summed E-state index contributed by atoms with van der Waals surface area (Å²) < 4.78 is 11.2. The van der Waals surface area contributed by atoms with Gasteiger partial charge in [0.25, 0.3) is 0 Å². The molecule has 104 valence electrons. The third-order valence-electron chi connectivity index (χ3n) is 3.56. The van der Waals surface area contributed by atoms with Gasteiger partial charge in [0.1, 0.15) is 23.7 Å². The molecule has 1 aliphatic rings. The molecule has 1 N–H and O–H groups in total.